The summed E-state index contributed by atoms with van der Waals surface area (Å²) in [6, 6.07) is 11.1. The van der Waals surface area contributed by atoms with Gasteiger partial charge in [0.1, 0.15) is 0 Å². The van der Waals surface area contributed by atoms with E-state index in [0.29, 0.717) is 23.1 Å². The summed E-state index contributed by atoms with van der Waals surface area (Å²) in [7, 11) is 0. The molecule has 0 atom stereocenters. The van der Waals surface area contributed by atoms with Gasteiger partial charge in [-0.2, -0.15) is 0 Å². The zero-order valence-corrected chi connectivity index (χ0v) is 10.0. The number of nitrogens with two attached hydrogens (primary N) is 1. The number of nitrogens with zero attached hydrogens (tertiary/aromatic N) is 1. The van der Waals surface area contributed by atoms with Gasteiger partial charge in [-0.25, -0.2) is 0 Å². The Hall–Kier alpha value is -1.74. The second-order valence-corrected chi connectivity index (χ2v) is 3.98. The van der Waals surface area contributed by atoms with Crippen LogP contribution in [0.3, 0.4) is 0 Å². The third-order valence-electron chi connectivity index (χ3n) is 2.33. The van der Waals surface area contributed by atoms with Crippen molar-refractivity contribution >= 4 is 17.3 Å². The first kappa shape index (κ1) is 11.7. The van der Waals surface area contributed by atoms with Crippen molar-refractivity contribution in [1.29, 1.82) is 0 Å². The smallest absolute Gasteiger partial charge is 0.160 e. The van der Waals surface area contributed by atoms with Gasteiger partial charge in [0, 0.05) is 18.3 Å². The molecule has 0 aliphatic carbocycles. The van der Waals surface area contributed by atoms with Crippen LogP contribution < -0.4 is 10.5 Å². The second kappa shape index (κ2) is 5.55. The molecule has 0 spiro atoms. The zero-order valence-electron chi connectivity index (χ0n) is 9.27. The van der Waals surface area contributed by atoms with Gasteiger partial charge in [0.05, 0.1) is 17.3 Å². The van der Waals surface area contributed by atoms with Gasteiger partial charge in [-0.1, -0.05) is 23.7 Å². The van der Waals surface area contributed by atoms with E-state index >= 15 is 0 Å². The summed E-state index contributed by atoms with van der Waals surface area (Å²) in [5.41, 5.74) is 7.31. The molecule has 0 fully saturated rings. The molecule has 4 heteroatoms. The highest BCUT2D eigenvalue weighted by Gasteiger charge is 2.05. The SMILES string of the molecule is Nc1cccc(Cl)c1OCCc1ccccn1. The predicted octanol–water partition coefficient (Wildman–Crippen LogP) is 2.94. The molecule has 0 aliphatic heterocycles. The summed E-state index contributed by atoms with van der Waals surface area (Å²) in [6.45, 7) is 0.505. The van der Waals surface area contributed by atoms with E-state index in [2.05, 4.69) is 4.98 Å². The molecule has 17 heavy (non-hydrogen) atoms. The Morgan fingerprint density at radius 3 is 2.76 bits per heavy atom. The van der Waals surface area contributed by atoms with Crippen molar-refractivity contribution in [3.8, 4) is 5.75 Å². The lowest BCUT2D eigenvalue weighted by atomic mass is 10.3. The minimum Gasteiger partial charge on any atom is -0.489 e. The van der Waals surface area contributed by atoms with Gasteiger partial charge in [-0.05, 0) is 24.3 Å². The number of hydrogen-bond donors (Lipinski definition) is 1. The third-order valence-corrected chi connectivity index (χ3v) is 2.63. The topological polar surface area (TPSA) is 48.1 Å². The van der Waals surface area contributed by atoms with Crippen molar-refractivity contribution in [3.05, 3.63) is 53.3 Å². The van der Waals surface area contributed by atoms with Crippen LogP contribution in [-0.4, -0.2) is 11.6 Å². The largest absolute Gasteiger partial charge is 0.489 e. The van der Waals surface area contributed by atoms with Crippen LogP contribution in [0.4, 0.5) is 5.69 Å². The number of pyridine rings is 1. The fourth-order valence-electron chi connectivity index (χ4n) is 1.48. The van der Waals surface area contributed by atoms with E-state index in [0.717, 1.165) is 12.1 Å². The quantitative estimate of drug-likeness (QED) is 0.847. The van der Waals surface area contributed by atoms with E-state index in [9.17, 15) is 0 Å². The first-order valence-electron chi connectivity index (χ1n) is 5.34. The molecule has 88 valence electrons. The molecule has 3 nitrogen and oxygen atoms in total. The first-order valence-corrected chi connectivity index (χ1v) is 5.72. The molecule has 2 N–H and O–H groups in total. The van der Waals surface area contributed by atoms with Crippen LogP contribution in [0.15, 0.2) is 42.6 Å². The number of ether oxygens (including phenoxy) is 1. The molecule has 0 unspecified atom stereocenters. The highest BCUT2D eigenvalue weighted by atomic mass is 35.5. The summed E-state index contributed by atoms with van der Waals surface area (Å²) in [5.74, 6) is 0.546. The maximum atomic E-state index is 5.99. The van der Waals surface area contributed by atoms with E-state index in [1.807, 2.05) is 18.2 Å². The fraction of sp³-hybridized carbons (Fsp3) is 0.154. The normalized spacial score (nSPS) is 10.2. The molecule has 2 aromatic rings. The van der Waals surface area contributed by atoms with Crippen LogP contribution in [-0.2, 0) is 6.42 Å². The molecule has 0 bridgehead atoms. The molecule has 0 amide bonds. The lowest BCUT2D eigenvalue weighted by Gasteiger charge is -2.09. The molecule has 1 aromatic heterocycles. The third kappa shape index (κ3) is 3.11. The van der Waals surface area contributed by atoms with Gasteiger partial charge in [-0.3, -0.25) is 4.98 Å². The zero-order chi connectivity index (χ0) is 12.1. The van der Waals surface area contributed by atoms with E-state index in [1.54, 1.807) is 24.4 Å². The van der Waals surface area contributed by atoms with E-state index in [4.69, 9.17) is 22.1 Å². The lowest BCUT2D eigenvalue weighted by Crippen LogP contribution is -2.04. The highest BCUT2D eigenvalue weighted by Crippen LogP contribution is 2.30. The van der Waals surface area contributed by atoms with Crippen molar-refractivity contribution in [2.75, 3.05) is 12.3 Å². The van der Waals surface area contributed by atoms with E-state index in [1.165, 1.54) is 0 Å². The van der Waals surface area contributed by atoms with Gasteiger partial charge in [-0.15, -0.1) is 0 Å². The molecule has 0 saturated carbocycles. The van der Waals surface area contributed by atoms with Crippen LogP contribution in [0.5, 0.6) is 5.75 Å². The Balaban J connectivity index is 1.95. The van der Waals surface area contributed by atoms with Gasteiger partial charge in [0.25, 0.3) is 0 Å². The number of aromatic nitrogens is 1. The minimum atomic E-state index is 0.505. The van der Waals surface area contributed by atoms with Crippen LogP contribution >= 0.6 is 11.6 Å². The Bertz CT molecular complexity index is 468. The Morgan fingerprint density at radius 1 is 1.18 bits per heavy atom. The number of benzene rings is 1. The van der Waals surface area contributed by atoms with Gasteiger partial charge >= 0.3 is 0 Å². The van der Waals surface area contributed by atoms with Crippen molar-refractivity contribution in [1.82, 2.24) is 4.98 Å². The molecule has 0 aliphatic rings. The number of halogens is 1. The minimum absolute atomic E-state index is 0.505. The Kier molecular flexibility index (Phi) is 3.83. The molecule has 0 saturated heterocycles. The maximum Gasteiger partial charge on any atom is 0.160 e. The molecule has 2 rings (SSSR count). The summed E-state index contributed by atoms with van der Waals surface area (Å²) < 4.78 is 5.57. The van der Waals surface area contributed by atoms with Crippen molar-refractivity contribution in [2.45, 2.75) is 6.42 Å². The van der Waals surface area contributed by atoms with Crippen LogP contribution in [0, 0.1) is 0 Å². The van der Waals surface area contributed by atoms with Crippen LogP contribution in [0.25, 0.3) is 0 Å². The Labute approximate surface area is 105 Å². The van der Waals surface area contributed by atoms with Crippen molar-refractivity contribution in [3.63, 3.8) is 0 Å². The number of anilines is 1. The molecular weight excluding hydrogens is 236 g/mol. The molecule has 0 radical (unpaired) electrons. The van der Waals surface area contributed by atoms with E-state index in [-0.39, 0.29) is 0 Å². The maximum absolute atomic E-state index is 5.99. The first-order chi connectivity index (χ1) is 8.27. The van der Waals surface area contributed by atoms with Gasteiger partial charge in [0.2, 0.25) is 0 Å². The standard InChI is InChI=1S/C13H13ClN2O/c14-11-5-3-6-12(15)13(11)17-9-7-10-4-1-2-8-16-10/h1-6,8H,7,9,15H2. The summed E-state index contributed by atoms with van der Waals surface area (Å²) in [6.07, 6.45) is 2.49. The monoisotopic (exact) mass is 248 g/mol. The summed E-state index contributed by atoms with van der Waals surface area (Å²) >= 11 is 5.99. The predicted molar refractivity (Wildman–Crippen MR) is 69.3 cm³/mol. The summed E-state index contributed by atoms with van der Waals surface area (Å²) in [4.78, 5) is 4.21. The number of rotatable bonds is 4. The van der Waals surface area contributed by atoms with Gasteiger partial charge in [0.15, 0.2) is 5.75 Å². The highest BCUT2D eigenvalue weighted by molar-refractivity contribution is 6.32. The number of para-hydroxylation sites is 1. The van der Waals surface area contributed by atoms with Gasteiger partial charge < -0.3 is 10.5 Å². The van der Waals surface area contributed by atoms with Crippen molar-refractivity contribution in [2.24, 2.45) is 0 Å². The van der Waals surface area contributed by atoms with Crippen LogP contribution in [0.2, 0.25) is 5.02 Å². The molecule has 1 heterocycles. The average molecular weight is 249 g/mol. The number of hydrogen-bond acceptors (Lipinski definition) is 3. The number of nitrogen functional groups attached to an aromatic ring is 1. The lowest BCUT2D eigenvalue weighted by molar-refractivity contribution is 0.322. The average Bonchev–Trinajstić information content (AvgIpc) is 2.34. The molecular formula is C13H13ClN2O. The second-order valence-electron chi connectivity index (χ2n) is 3.58. The fourth-order valence-corrected chi connectivity index (χ4v) is 1.72. The Morgan fingerprint density at radius 2 is 2.06 bits per heavy atom. The molecule has 1 aromatic carbocycles. The van der Waals surface area contributed by atoms with Crippen LogP contribution in [0.1, 0.15) is 5.69 Å². The van der Waals surface area contributed by atoms with E-state index < -0.39 is 0 Å². The summed E-state index contributed by atoms with van der Waals surface area (Å²) in [5, 5.41) is 0.533. The van der Waals surface area contributed by atoms with Crippen molar-refractivity contribution < 1.29 is 4.74 Å².